The van der Waals surface area contributed by atoms with E-state index in [4.69, 9.17) is 4.74 Å². The fourth-order valence-electron chi connectivity index (χ4n) is 1.53. The van der Waals surface area contributed by atoms with Crippen molar-refractivity contribution in [2.24, 2.45) is 0 Å². The molecule has 2 fully saturated rings. The van der Waals surface area contributed by atoms with Gasteiger partial charge in [-0.1, -0.05) is 0 Å². The highest BCUT2D eigenvalue weighted by molar-refractivity contribution is 7.91. The molecule has 2 heterocycles. The van der Waals surface area contributed by atoms with Gasteiger partial charge in [-0.3, -0.25) is 0 Å². The number of aliphatic hydroxyl groups excluding tert-OH is 1. The van der Waals surface area contributed by atoms with Crippen LogP contribution in [0.3, 0.4) is 0 Å². The van der Waals surface area contributed by atoms with Crippen molar-refractivity contribution >= 4 is 9.84 Å². The topological polar surface area (TPSA) is 75.6 Å². The fourth-order valence-corrected chi connectivity index (χ4v) is 3.20. The molecule has 2 N–H and O–H groups in total. The van der Waals surface area contributed by atoms with Crippen LogP contribution in [0.25, 0.3) is 0 Å². The molecule has 6 heteroatoms. The molecule has 2 saturated heterocycles. The maximum Gasteiger partial charge on any atom is 0.155 e. The first-order valence-electron chi connectivity index (χ1n) is 4.31. The lowest BCUT2D eigenvalue weighted by Gasteiger charge is -2.30. The van der Waals surface area contributed by atoms with Gasteiger partial charge in [-0.15, -0.1) is 0 Å². The molecule has 2 atom stereocenters. The number of hydrogen-bond donors (Lipinski definition) is 2. The number of hydrogen-bond acceptors (Lipinski definition) is 5. The Balaban J connectivity index is 1.92. The van der Waals surface area contributed by atoms with Crippen LogP contribution in [0, 0.1) is 0 Å². The van der Waals surface area contributed by atoms with Gasteiger partial charge in [0.05, 0.1) is 29.8 Å². The van der Waals surface area contributed by atoms with Gasteiger partial charge < -0.3 is 15.2 Å². The maximum atomic E-state index is 11.1. The number of rotatable bonds is 2. The largest absolute Gasteiger partial charge is 0.389 e. The third kappa shape index (κ3) is 2.01. The fraction of sp³-hybridized carbons (Fsp3) is 1.00. The molecule has 2 aliphatic heterocycles. The second-order valence-electron chi connectivity index (χ2n) is 3.60. The van der Waals surface area contributed by atoms with Crippen molar-refractivity contribution < 1.29 is 18.3 Å². The highest BCUT2D eigenvalue weighted by atomic mass is 32.2. The summed E-state index contributed by atoms with van der Waals surface area (Å²) >= 11 is 0. The average molecular weight is 207 g/mol. The summed E-state index contributed by atoms with van der Waals surface area (Å²) in [6, 6.07) is 0. The summed E-state index contributed by atoms with van der Waals surface area (Å²) in [5, 5.41) is 12.4. The van der Waals surface area contributed by atoms with E-state index >= 15 is 0 Å². The Morgan fingerprint density at radius 1 is 1.31 bits per heavy atom. The van der Waals surface area contributed by atoms with E-state index in [2.05, 4.69) is 5.32 Å². The monoisotopic (exact) mass is 207 g/mol. The van der Waals surface area contributed by atoms with Gasteiger partial charge in [-0.05, 0) is 0 Å². The molecule has 0 radical (unpaired) electrons. The minimum absolute atomic E-state index is 0.0370. The zero-order valence-corrected chi connectivity index (χ0v) is 7.96. The summed E-state index contributed by atoms with van der Waals surface area (Å²) in [4.78, 5) is 0. The van der Waals surface area contributed by atoms with E-state index in [0.29, 0.717) is 0 Å². The number of aliphatic hydroxyl groups is 1. The first-order valence-corrected chi connectivity index (χ1v) is 6.14. The van der Waals surface area contributed by atoms with E-state index in [1.54, 1.807) is 0 Å². The summed E-state index contributed by atoms with van der Waals surface area (Å²) in [6.07, 6.45) is -1.28. The van der Waals surface area contributed by atoms with Gasteiger partial charge in [0.15, 0.2) is 9.84 Å². The molecule has 2 rings (SSSR count). The molecule has 0 aromatic carbocycles. The van der Waals surface area contributed by atoms with Crippen LogP contribution >= 0.6 is 0 Å². The third-order valence-electron chi connectivity index (χ3n) is 2.38. The summed E-state index contributed by atoms with van der Waals surface area (Å²) in [7, 11) is -3.07. The summed E-state index contributed by atoms with van der Waals surface area (Å²) in [6.45, 7) is 1.51. The zero-order chi connectivity index (χ0) is 9.47. The molecule has 2 unspecified atom stereocenters. The van der Waals surface area contributed by atoms with Gasteiger partial charge in [0, 0.05) is 13.1 Å². The molecule has 5 nitrogen and oxygen atoms in total. The zero-order valence-electron chi connectivity index (χ0n) is 7.14. The summed E-state index contributed by atoms with van der Waals surface area (Å²) in [5.41, 5.74) is 0. The second kappa shape index (κ2) is 3.20. The number of ether oxygens (including phenoxy) is 1. The minimum Gasteiger partial charge on any atom is -0.389 e. The van der Waals surface area contributed by atoms with Crippen molar-refractivity contribution in [3.8, 4) is 0 Å². The molecule has 2 aliphatic rings. The van der Waals surface area contributed by atoms with Crippen LogP contribution in [0.15, 0.2) is 0 Å². The number of nitrogens with one attached hydrogen (secondary N) is 1. The number of sulfone groups is 1. The van der Waals surface area contributed by atoms with Gasteiger partial charge in [-0.2, -0.15) is 0 Å². The van der Waals surface area contributed by atoms with Gasteiger partial charge in [0.1, 0.15) is 0 Å². The van der Waals surface area contributed by atoms with E-state index in [-0.39, 0.29) is 17.6 Å². The van der Waals surface area contributed by atoms with Crippen LogP contribution in [0.1, 0.15) is 0 Å². The van der Waals surface area contributed by atoms with E-state index < -0.39 is 22.0 Å². The summed E-state index contributed by atoms with van der Waals surface area (Å²) < 4.78 is 27.6. The Labute approximate surface area is 77.0 Å². The van der Waals surface area contributed by atoms with Crippen LogP contribution in [-0.2, 0) is 14.6 Å². The minimum atomic E-state index is -3.07. The quantitative estimate of drug-likeness (QED) is 0.555. The standard InChI is InChI=1S/C7H13NO4S/c9-6-3-13(10,11)4-7(6)12-5-1-8-2-5/h5-9H,1-4H2. The van der Waals surface area contributed by atoms with Crippen molar-refractivity contribution in [1.82, 2.24) is 5.32 Å². The lowest BCUT2D eigenvalue weighted by molar-refractivity contribution is -0.0700. The normalized spacial score (nSPS) is 38.8. The third-order valence-corrected chi connectivity index (χ3v) is 4.07. The van der Waals surface area contributed by atoms with E-state index in [0.717, 1.165) is 13.1 Å². The van der Waals surface area contributed by atoms with Crippen LogP contribution in [0.4, 0.5) is 0 Å². The highest BCUT2D eigenvalue weighted by Gasteiger charge is 2.39. The van der Waals surface area contributed by atoms with E-state index in [1.165, 1.54) is 0 Å². The smallest absolute Gasteiger partial charge is 0.155 e. The first-order chi connectivity index (χ1) is 6.07. The Hall–Kier alpha value is -0.170. The van der Waals surface area contributed by atoms with Crippen LogP contribution in [0.5, 0.6) is 0 Å². The van der Waals surface area contributed by atoms with Crippen molar-refractivity contribution in [2.75, 3.05) is 24.6 Å². The molecular weight excluding hydrogens is 194 g/mol. The van der Waals surface area contributed by atoms with Gasteiger partial charge in [0.25, 0.3) is 0 Å². The Morgan fingerprint density at radius 3 is 2.38 bits per heavy atom. The summed E-state index contributed by atoms with van der Waals surface area (Å²) in [5.74, 6) is -0.192. The Bertz CT molecular complexity index is 285. The van der Waals surface area contributed by atoms with Crippen molar-refractivity contribution in [3.05, 3.63) is 0 Å². The molecular formula is C7H13NO4S. The molecule has 0 amide bonds. The Kier molecular flexibility index (Phi) is 2.31. The molecule has 0 saturated carbocycles. The molecule has 0 bridgehead atoms. The molecule has 0 aromatic heterocycles. The average Bonchev–Trinajstić information content (AvgIpc) is 2.16. The van der Waals surface area contributed by atoms with Gasteiger partial charge in [0.2, 0.25) is 0 Å². The SMILES string of the molecule is O=S1(=O)CC(O)C(OC2CNC2)C1. The maximum absolute atomic E-state index is 11.1. The predicted molar refractivity (Wildman–Crippen MR) is 46.2 cm³/mol. The first kappa shape index (κ1) is 9.39. The van der Waals surface area contributed by atoms with E-state index in [9.17, 15) is 13.5 Å². The van der Waals surface area contributed by atoms with Gasteiger partial charge in [-0.25, -0.2) is 8.42 Å². The predicted octanol–water partition coefficient (Wildman–Crippen LogP) is -1.87. The van der Waals surface area contributed by atoms with Crippen molar-refractivity contribution in [2.45, 2.75) is 18.3 Å². The molecule has 0 aliphatic carbocycles. The highest BCUT2D eigenvalue weighted by Crippen LogP contribution is 2.18. The molecule has 76 valence electrons. The Morgan fingerprint density at radius 2 is 2.00 bits per heavy atom. The lowest BCUT2D eigenvalue weighted by Crippen LogP contribution is -2.51. The van der Waals surface area contributed by atoms with Crippen LogP contribution in [0.2, 0.25) is 0 Å². The lowest BCUT2D eigenvalue weighted by atomic mass is 10.2. The van der Waals surface area contributed by atoms with Crippen molar-refractivity contribution in [1.29, 1.82) is 0 Å². The molecule has 0 spiro atoms. The molecule has 13 heavy (non-hydrogen) atoms. The second-order valence-corrected chi connectivity index (χ2v) is 5.75. The molecule has 0 aromatic rings. The van der Waals surface area contributed by atoms with Crippen LogP contribution < -0.4 is 5.32 Å². The van der Waals surface area contributed by atoms with Gasteiger partial charge >= 0.3 is 0 Å². The van der Waals surface area contributed by atoms with E-state index in [1.807, 2.05) is 0 Å². The van der Waals surface area contributed by atoms with Crippen molar-refractivity contribution in [3.63, 3.8) is 0 Å². The van der Waals surface area contributed by atoms with Crippen LogP contribution in [-0.4, -0.2) is 56.4 Å².